The maximum Gasteiger partial charge on any atom is 0.379 e. The molecule has 1 amide bonds. The van der Waals surface area contributed by atoms with E-state index in [-0.39, 0.29) is 18.4 Å². The highest BCUT2D eigenvalue weighted by Crippen LogP contribution is 2.11. The van der Waals surface area contributed by atoms with E-state index in [1.54, 1.807) is 24.3 Å². The Morgan fingerprint density at radius 3 is 2.68 bits per heavy atom. The van der Waals surface area contributed by atoms with Gasteiger partial charge < -0.3 is 15.3 Å². The minimum atomic E-state index is -0.315. The van der Waals surface area contributed by atoms with Crippen LogP contribution in [0.25, 0.3) is 0 Å². The Balaban J connectivity index is 1.88. The fraction of sp³-hybridized carbons (Fsp3) is 0.0769. The van der Waals surface area contributed by atoms with Crippen LogP contribution in [0.15, 0.2) is 48.7 Å². The second kappa shape index (κ2) is 6.37. The highest BCUT2D eigenvalue weighted by molar-refractivity contribution is 14.1. The lowest BCUT2D eigenvalue weighted by atomic mass is 10.3. The first kappa shape index (κ1) is 13.6. The van der Waals surface area contributed by atoms with Gasteiger partial charge in [0.2, 0.25) is 0 Å². The van der Waals surface area contributed by atoms with Gasteiger partial charge in [-0.25, -0.2) is 0 Å². The number of anilines is 1. The molecule has 6 heteroatoms. The Hall–Kier alpha value is -1.83. The zero-order valence-electron chi connectivity index (χ0n) is 9.88. The minimum Gasteiger partial charge on any atom is -0.616 e. The molecule has 0 aliphatic heterocycles. The van der Waals surface area contributed by atoms with Crippen molar-refractivity contribution in [3.8, 4) is 5.88 Å². The number of pyridine rings is 1. The number of nitrogens with zero attached hydrogens (tertiary/aromatic N) is 1. The molecule has 0 aliphatic rings. The van der Waals surface area contributed by atoms with E-state index >= 15 is 0 Å². The number of aromatic nitrogens is 1. The molecule has 0 atom stereocenters. The second-order valence-electron chi connectivity index (χ2n) is 3.71. The third-order valence-corrected chi connectivity index (χ3v) is 2.99. The number of nitrogens with one attached hydrogen (secondary N) is 1. The summed E-state index contributed by atoms with van der Waals surface area (Å²) in [6.45, 7) is -0.210. The van der Waals surface area contributed by atoms with Gasteiger partial charge in [-0.3, -0.25) is 4.79 Å². The normalized spacial score (nSPS) is 9.95. The van der Waals surface area contributed by atoms with Crippen LogP contribution in [-0.4, -0.2) is 12.5 Å². The van der Waals surface area contributed by atoms with Gasteiger partial charge in [-0.2, -0.15) is 0 Å². The highest BCUT2D eigenvalue weighted by atomic mass is 127. The maximum absolute atomic E-state index is 11.6. The second-order valence-corrected chi connectivity index (χ2v) is 4.95. The number of carbonyl (C=O) groups excluding carboxylic acids is 1. The number of halogens is 1. The van der Waals surface area contributed by atoms with Crippen LogP contribution in [0.1, 0.15) is 0 Å². The standard InChI is InChI=1S/C13H11IN2O3/c14-10-4-6-11(7-5-10)15-12(17)9-19-13-3-1-2-8-16(13)18/h1-8H,9H2,(H,15,17). The van der Waals surface area contributed by atoms with Crippen molar-refractivity contribution >= 4 is 34.2 Å². The molecule has 0 aliphatic carbocycles. The van der Waals surface area contributed by atoms with Crippen molar-refractivity contribution in [3.63, 3.8) is 0 Å². The summed E-state index contributed by atoms with van der Waals surface area (Å²) in [7, 11) is 0. The topological polar surface area (TPSA) is 65.3 Å². The molecule has 2 rings (SSSR count). The quantitative estimate of drug-likeness (QED) is 0.508. The number of ether oxygens (including phenoxy) is 1. The predicted molar refractivity (Wildman–Crippen MR) is 78.7 cm³/mol. The van der Waals surface area contributed by atoms with Crippen molar-refractivity contribution in [1.82, 2.24) is 0 Å². The molecule has 0 bridgehead atoms. The molecule has 1 aromatic carbocycles. The van der Waals surface area contributed by atoms with E-state index < -0.39 is 0 Å². The smallest absolute Gasteiger partial charge is 0.379 e. The number of hydrogen-bond acceptors (Lipinski definition) is 3. The van der Waals surface area contributed by atoms with E-state index in [0.717, 1.165) is 3.57 Å². The van der Waals surface area contributed by atoms with Crippen molar-refractivity contribution in [2.24, 2.45) is 0 Å². The summed E-state index contributed by atoms with van der Waals surface area (Å²) in [4.78, 5) is 11.6. The summed E-state index contributed by atoms with van der Waals surface area (Å²) in [6.07, 6.45) is 1.31. The van der Waals surface area contributed by atoms with Gasteiger partial charge in [-0.1, -0.05) is 0 Å². The molecule has 5 nitrogen and oxygen atoms in total. The summed E-state index contributed by atoms with van der Waals surface area (Å²) < 4.78 is 6.79. The zero-order valence-corrected chi connectivity index (χ0v) is 12.0. The van der Waals surface area contributed by atoms with Gasteiger partial charge in [0, 0.05) is 15.3 Å². The first-order valence-corrected chi connectivity index (χ1v) is 6.59. The first-order valence-electron chi connectivity index (χ1n) is 5.51. The van der Waals surface area contributed by atoms with Gasteiger partial charge in [-0.05, 0) is 52.9 Å². The van der Waals surface area contributed by atoms with E-state index in [0.29, 0.717) is 10.4 Å². The SMILES string of the molecule is O=C(COc1cccc[n+]1[O-])Nc1ccc(I)cc1. The molecule has 0 saturated carbocycles. The number of amides is 1. The summed E-state index contributed by atoms with van der Waals surface area (Å²) >= 11 is 2.18. The molecule has 2 aromatic rings. The largest absolute Gasteiger partial charge is 0.616 e. The molecule has 98 valence electrons. The van der Waals surface area contributed by atoms with Crippen LogP contribution in [0.3, 0.4) is 0 Å². The van der Waals surface area contributed by atoms with Crippen LogP contribution in [0.4, 0.5) is 5.69 Å². The lowest BCUT2D eigenvalue weighted by molar-refractivity contribution is -0.612. The number of carbonyl (C=O) groups is 1. The highest BCUT2D eigenvalue weighted by Gasteiger charge is 2.08. The number of benzene rings is 1. The molecule has 1 aromatic heterocycles. The Morgan fingerprint density at radius 2 is 2.00 bits per heavy atom. The Morgan fingerprint density at radius 1 is 1.26 bits per heavy atom. The van der Waals surface area contributed by atoms with E-state index in [9.17, 15) is 10.0 Å². The van der Waals surface area contributed by atoms with Crippen LogP contribution in [0.2, 0.25) is 0 Å². The Kier molecular flexibility index (Phi) is 4.56. The average molecular weight is 370 g/mol. The van der Waals surface area contributed by atoms with Crippen LogP contribution < -0.4 is 14.8 Å². The van der Waals surface area contributed by atoms with E-state index in [1.165, 1.54) is 12.3 Å². The van der Waals surface area contributed by atoms with Gasteiger partial charge in [0.05, 0.1) is 6.07 Å². The minimum absolute atomic E-state index is 0.0975. The van der Waals surface area contributed by atoms with E-state index in [4.69, 9.17) is 4.74 Å². The Bertz CT molecular complexity index is 572. The van der Waals surface area contributed by atoms with Crippen molar-refractivity contribution in [2.75, 3.05) is 11.9 Å². The monoisotopic (exact) mass is 370 g/mol. The average Bonchev–Trinajstić information content (AvgIpc) is 2.40. The fourth-order valence-electron chi connectivity index (χ4n) is 1.39. The van der Waals surface area contributed by atoms with Crippen molar-refractivity contribution < 1.29 is 14.3 Å². The molecule has 19 heavy (non-hydrogen) atoms. The molecule has 0 unspecified atom stereocenters. The summed E-state index contributed by atoms with van der Waals surface area (Å²) in [5.41, 5.74) is 0.692. The lowest BCUT2D eigenvalue weighted by Crippen LogP contribution is -2.30. The van der Waals surface area contributed by atoms with Crippen LogP contribution in [0, 0.1) is 8.78 Å². The van der Waals surface area contributed by atoms with E-state index in [2.05, 4.69) is 27.9 Å². The van der Waals surface area contributed by atoms with Crippen molar-refractivity contribution in [1.29, 1.82) is 0 Å². The molecule has 1 heterocycles. The molecule has 0 fully saturated rings. The van der Waals surface area contributed by atoms with Gasteiger partial charge in [0.15, 0.2) is 12.8 Å². The van der Waals surface area contributed by atoms with E-state index in [1.807, 2.05) is 12.1 Å². The maximum atomic E-state index is 11.6. The van der Waals surface area contributed by atoms with Gasteiger partial charge in [-0.15, -0.1) is 4.73 Å². The van der Waals surface area contributed by atoms with Crippen molar-refractivity contribution in [2.45, 2.75) is 0 Å². The zero-order chi connectivity index (χ0) is 13.7. The number of hydrogen-bond donors (Lipinski definition) is 1. The molecular formula is C13H11IN2O3. The molecular weight excluding hydrogens is 359 g/mol. The fourth-order valence-corrected chi connectivity index (χ4v) is 1.75. The van der Waals surface area contributed by atoms with Gasteiger partial charge in [0.25, 0.3) is 5.91 Å². The summed E-state index contributed by atoms with van der Waals surface area (Å²) in [5, 5.41) is 14.0. The third-order valence-electron chi connectivity index (χ3n) is 2.27. The molecule has 0 spiro atoms. The van der Waals surface area contributed by atoms with Crippen LogP contribution in [0.5, 0.6) is 5.88 Å². The molecule has 0 saturated heterocycles. The van der Waals surface area contributed by atoms with Gasteiger partial charge in [0.1, 0.15) is 0 Å². The van der Waals surface area contributed by atoms with Gasteiger partial charge >= 0.3 is 5.88 Å². The first-order chi connectivity index (χ1) is 9.15. The lowest BCUT2D eigenvalue weighted by Gasteiger charge is -2.07. The summed E-state index contributed by atoms with van der Waals surface area (Å²) in [5.74, 6) is -0.217. The Labute approximate surface area is 123 Å². The molecule has 0 radical (unpaired) electrons. The van der Waals surface area contributed by atoms with Crippen LogP contribution in [-0.2, 0) is 4.79 Å². The van der Waals surface area contributed by atoms with Crippen LogP contribution >= 0.6 is 22.6 Å². The van der Waals surface area contributed by atoms with Crippen molar-refractivity contribution in [3.05, 3.63) is 57.4 Å². The third kappa shape index (κ3) is 4.09. The summed E-state index contributed by atoms with van der Waals surface area (Å²) in [6, 6.07) is 12.1. The molecule has 1 N–H and O–H groups in total. The predicted octanol–water partition coefficient (Wildman–Crippen LogP) is 1.94. The number of rotatable bonds is 4.